The van der Waals surface area contributed by atoms with Gasteiger partial charge in [-0.15, -0.1) is 0 Å². The lowest BCUT2D eigenvalue weighted by molar-refractivity contribution is 0.719. The second-order valence-electron chi connectivity index (χ2n) is 3.62. The number of nitrogens with zero attached hydrogens (tertiary/aromatic N) is 1. The van der Waals surface area contributed by atoms with Gasteiger partial charge in [-0.1, -0.05) is 31.9 Å². The van der Waals surface area contributed by atoms with Crippen LogP contribution in [0, 0.1) is 6.33 Å². The Kier molecular flexibility index (Phi) is 2.82. The Bertz CT molecular complexity index is 403. The highest BCUT2D eigenvalue weighted by molar-refractivity contribution is 5.77. The molecule has 0 saturated carbocycles. The van der Waals surface area contributed by atoms with Crippen LogP contribution in [0.3, 0.4) is 0 Å². The Morgan fingerprint density at radius 2 is 2.29 bits per heavy atom. The van der Waals surface area contributed by atoms with E-state index >= 15 is 0 Å². The van der Waals surface area contributed by atoms with Gasteiger partial charge in [-0.25, -0.2) is 4.98 Å². The van der Waals surface area contributed by atoms with Gasteiger partial charge in [0.25, 0.3) is 0 Å². The number of para-hydroxylation sites is 1. The Balaban J connectivity index is 2.19. The first-order chi connectivity index (χ1) is 6.92. The molecule has 0 bridgehead atoms. The largest absolute Gasteiger partial charge is 0.335 e. The molecule has 1 heterocycles. The number of fused-ring (bicyclic) bond motifs is 1. The molecule has 0 spiro atoms. The molecule has 0 aliphatic heterocycles. The first-order valence-corrected chi connectivity index (χ1v) is 5.25. The van der Waals surface area contributed by atoms with E-state index in [4.69, 9.17) is 0 Å². The first kappa shape index (κ1) is 9.25. The minimum absolute atomic E-state index is 1.09. The standard InChI is InChI=1S/C12H15N2/c1-2-3-4-6-10-7-5-8-11-12(10)14-9-13-11/h5,7-8H,2-4,6H2,1H3,(H,13,14). The highest BCUT2D eigenvalue weighted by Crippen LogP contribution is 2.16. The van der Waals surface area contributed by atoms with Crippen molar-refractivity contribution in [2.75, 3.05) is 0 Å². The number of rotatable bonds is 4. The summed E-state index contributed by atoms with van der Waals surface area (Å²) in [5.41, 5.74) is 3.52. The predicted molar refractivity (Wildman–Crippen MR) is 58.2 cm³/mol. The van der Waals surface area contributed by atoms with E-state index in [1.165, 1.54) is 24.8 Å². The van der Waals surface area contributed by atoms with Crippen molar-refractivity contribution in [3.05, 3.63) is 30.1 Å². The summed E-state index contributed by atoms with van der Waals surface area (Å²) < 4.78 is 0. The number of aryl methyl sites for hydroxylation is 1. The van der Waals surface area contributed by atoms with Crippen LogP contribution < -0.4 is 0 Å². The van der Waals surface area contributed by atoms with Gasteiger partial charge >= 0.3 is 0 Å². The second-order valence-corrected chi connectivity index (χ2v) is 3.62. The second kappa shape index (κ2) is 4.27. The molecular weight excluding hydrogens is 172 g/mol. The molecule has 1 aromatic heterocycles. The molecule has 0 aliphatic carbocycles. The van der Waals surface area contributed by atoms with Crippen LogP contribution in [0.1, 0.15) is 31.7 Å². The zero-order valence-electron chi connectivity index (χ0n) is 8.51. The third kappa shape index (κ3) is 1.79. The fourth-order valence-corrected chi connectivity index (χ4v) is 1.74. The number of aromatic amines is 1. The van der Waals surface area contributed by atoms with Crippen molar-refractivity contribution in [2.24, 2.45) is 0 Å². The van der Waals surface area contributed by atoms with Crippen molar-refractivity contribution in [1.82, 2.24) is 9.97 Å². The first-order valence-electron chi connectivity index (χ1n) is 5.25. The Hall–Kier alpha value is -1.31. The van der Waals surface area contributed by atoms with Crippen LogP contribution in [0.15, 0.2) is 18.2 Å². The van der Waals surface area contributed by atoms with Gasteiger partial charge in [0.15, 0.2) is 6.33 Å². The van der Waals surface area contributed by atoms with E-state index in [-0.39, 0.29) is 0 Å². The normalized spacial score (nSPS) is 10.9. The van der Waals surface area contributed by atoms with Crippen molar-refractivity contribution in [2.45, 2.75) is 32.6 Å². The van der Waals surface area contributed by atoms with Crippen molar-refractivity contribution in [1.29, 1.82) is 0 Å². The van der Waals surface area contributed by atoms with Gasteiger partial charge in [0.2, 0.25) is 0 Å². The molecule has 0 unspecified atom stereocenters. The predicted octanol–water partition coefficient (Wildman–Crippen LogP) is 3.10. The van der Waals surface area contributed by atoms with E-state index in [1.807, 2.05) is 6.07 Å². The minimum atomic E-state index is 1.09. The van der Waals surface area contributed by atoms with Crippen LogP contribution in [0.4, 0.5) is 0 Å². The van der Waals surface area contributed by atoms with E-state index in [1.54, 1.807) is 0 Å². The van der Waals surface area contributed by atoms with Gasteiger partial charge in [0, 0.05) is 0 Å². The molecule has 14 heavy (non-hydrogen) atoms. The highest BCUT2D eigenvalue weighted by Gasteiger charge is 2.02. The maximum absolute atomic E-state index is 4.22. The molecule has 2 nitrogen and oxygen atoms in total. The van der Waals surface area contributed by atoms with Gasteiger partial charge in [-0.05, 0) is 24.5 Å². The van der Waals surface area contributed by atoms with Crippen LogP contribution in [-0.2, 0) is 6.42 Å². The summed E-state index contributed by atoms with van der Waals surface area (Å²) >= 11 is 0. The highest BCUT2D eigenvalue weighted by atomic mass is 14.9. The maximum Gasteiger partial charge on any atom is 0.174 e. The fourth-order valence-electron chi connectivity index (χ4n) is 1.74. The van der Waals surface area contributed by atoms with E-state index in [0.717, 1.165) is 17.5 Å². The topological polar surface area (TPSA) is 28.7 Å². The zero-order valence-corrected chi connectivity index (χ0v) is 8.51. The molecule has 0 atom stereocenters. The molecule has 2 aromatic rings. The zero-order chi connectivity index (χ0) is 9.80. The summed E-state index contributed by atoms with van der Waals surface area (Å²) in [5, 5.41) is 0. The summed E-state index contributed by atoms with van der Waals surface area (Å²) in [6.45, 7) is 2.23. The Morgan fingerprint density at radius 1 is 1.36 bits per heavy atom. The van der Waals surface area contributed by atoms with Crippen LogP contribution in [0.25, 0.3) is 11.0 Å². The Labute approximate surface area is 84.4 Å². The smallest absolute Gasteiger partial charge is 0.174 e. The molecule has 0 saturated heterocycles. The van der Waals surface area contributed by atoms with Gasteiger partial charge in [-0.3, -0.25) is 0 Å². The molecule has 1 radical (unpaired) electrons. The minimum Gasteiger partial charge on any atom is -0.335 e. The molecule has 0 aliphatic rings. The lowest BCUT2D eigenvalue weighted by atomic mass is 10.1. The van der Waals surface area contributed by atoms with Gasteiger partial charge in [0.05, 0.1) is 11.0 Å². The molecule has 1 N–H and O–H groups in total. The fraction of sp³-hybridized carbons (Fsp3) is 0.417. The summed E-state index contributed by atoms with van der Waals surface area (Å²) in [5.74, 6) is 0. The van der Waals surface area contributed by atoms with Crippen LogP contribution in [-0.4, -0.2) is 9.97 Å². The number of imidazole rings is 1. The molecule has 2 rings (SSSR count). The third-order valence-electron chi connectivity index (χ3n) is 2.53. The quantitative estimate of drug-likeness (QED) is 0.732. The number of H-pyrrole nitrogens is 1. The molecule has 0 fully saturated rings. The third-order valence-corrected chi connectivity index (χ3v) is 2.53. The molecule has 73 valence electrons. The van der Waals surface area contributed by atoms with Crippen LogP contribution in [0.5, 0.6) is 0 Å². The number of aromatic nitrogens is 2. The van der Waals surface area contributed by atoms with E-state index in [0.29, 0.717) is 0 Å². The maximum atomic E-state index is 4.22. The number of nitrogens with one attached hydrogen (secondary N) is 1. The monoisotopic (exact) mass is 187 g/mol. The summed E-state index contributed by atoms with van der Waals surface area (Å²) in [6.07, 6.45) is 7.74. The number of hydrogen-bond acceptors (Lipinski definition) is 1. The van der Waals surface area contributed by atoms with Crippen LogP contribution in [0.2, 0.25) is 0 Å². The molecule has 1 aromatic carbocycles. The lowest BCUT2D eigenvalue weighted by Crippen LogP contribution is -1.87. The molecule has 2 heteroatoms. The summed E-state index contributed by atoms with van der Waals surface area (Å²) in [7, 11) is 0. The number of unbranched alkanes of at least 4 members (excludes halogenated alkanes) is 2. The van der Waals surface area contributed by atoms with E-state index in [2.05, 4.69) is 35.4 Å². The average Bonchev–Trinajstić information content (AvgIpc) is 2.67. The summed E-state index contributed by atoms with van der Waals surface area (Å²) in [6, 6.07) is 6.28. The molecule has 0 amide bonds. The van der Waals surface area contributed by atoms with Gasteiger partial charge in [-0.2, -0.15) is 0 Å². The van der Waals surface area contributed by atoms with E-state index in [9.17, 15) is 0 Å². The number of benzene rings is 1. The van der Waals surface area contributed by atoms with Gasteiger partial charge < -0.3 is 4.98 Å². The van der Waals surface area contributed by atoms with Crippen molar-refractivity contribution >= 4 is 11.0 Å². The van der Waals surface area contributed by atoms with E-state index < -0.39 is 0 Å². The molecular formula is C12H15N2. The van der Waals surface area contributed by atoms with Crippen LogP contribution >= 0.6 is 0 Å². The SMILES string of the molecule is CCCCCc1cccc2[nH][c]nc12. The Morgan fingerprint density at radius 3 is 3.14 bits per heavy atom. The van der Waals surface area contributed by atoms with Gasteiger partial charge in [0.1, 0.15) is 0 Å². The lowest BCUT2D eigenvalue weighted by Gasteiger charge is -2.00. The van der Waals surface area contributed by atoms with Crippen molar-refractivity contribution in [3.8, 4) is 0 Å². The van der Waals surface area contributed by atoms with Crippen molar-refractivity contribution in [3.63, 3.8) is 0 Å². The van der Waals surface area contributed by atoms with Crippen molar-refractivity contribution < 1.29 is 0 Å². The average molecular weight is 187 g/mol. The summed E-state index contributed by atoms with van der Waals surface area (Å²) in [4.78, 5) is 7.23. The number of hydrogen-bond donors (Lipinski definition) is 1.